The standard InChI is InChI=1S/C19H24FNO2/c20-18-10-8-16(9-11-18)15-23-19-7-3-2-6-17(19)14-21-12-4-1-5-13-22/h2-3,6-11,21-22H,1,4-5,12-15H2. The van der Waals surface area contributed by atoms with Gasteiger partial charge in [0.05, 0.1) is 0 Å². The van der Waals surface area contributed by atoms with Crippen molar-refractivity contribution in [3.8, 4) is 5.75 Å². The molecule has 0 aliphatic carbocycles. The molecule has 0 atom stereocenters. The maximum atomic E-state index is 12.9. The number of benzene rings is 2. The van der Waals surface area contributed by atoms with Crippen molar-refractivity contribution in [2.24, 2.45) is 0 Å². The third-order valence-electron chi connectivity index (χ3n) is 3.61. The minimum atomic E-state index is -0.237. The fourth-order valence-corrected chi connectivity index (χ4v) is 2.29. The van der Waals surface area contributed by atoms with Crippen molar-refractivity contribution in [1.82, 2.24) is 5.32 Å². The Hall–Kier alpha value is -1.91. The second-order valence-electron chi connectivity index (χ2n) is 5.48. The Morgan fingerprint density at radius 1 is 0.957 bits per heavy atom. The van der Waals surface area contributed by atoms with Crippen LogP contribution in [-0.2, 0) is 13.2 Å². The summed E-state index contributed by atoms with van der Waals surface area (Å²) in [6, 6.07) is 14.3. The van der Waals surface area contributed by atoms with Crippen molar-refractivity contribution in [2.75, 3.05) is 13.2 Å². The van der Waals surface area contributed by atoms with Crippen LogP contribution >= 0.6 is 0 Å². The summed E-state index contributed by atoms with van der Waals surface area (Å²) in [4.78, 5) is 0. The van der Waals surface area contributed by atoms with E-state index in [1.165, 1.54) is 12.1 Å². The first kappa shape index (κ1) is 17.4. The van der Waals surface area contributed by atoms with Crippen LogP contribution in [0, 0.1) is 5.82 Å². The number of para-hydroxylation sites is 1. The summed E-state index contributed by atoms with van der Waals surface area (Å²) in [7, 11) is 0. The van der Waals surface area contributed by atoms with Gasteiger partial charge < -0.3 is 15.2 Å². The second kappa shape index (κ2) is 9.98. The number of halogens is 1. The van der Waals surface area contributed by atoms with E-state index in [2.05, 4.69) is 5.32 Å². The zero-order valence-corrected chi connectivity index (χ0v) is 13.3. The van der Waals surface area contributed by atoms with E-state index >= 15 is 0 Å². The van der Waals surface area contributed by atoms with E-state index in [1.807, 2.05) is 24.3 Å². The fourth-order valence-electron chi connectivity index (χ4n) is 2.29. The van der Waals surface area contributed by atoms with Crippen LogP contribution in [-0.4, -0.2) is 18.3 Å². The van der Waals surface area contributed by atoms with E-state index in [0.29, 0.717) is 6.61 Å². The molecule has 2 aromatic carbocycles. The number of hydrogen-bond acceptors (Lipinski definition) is 3. The fraction of sp³-hybridized carbons (Fsp3) is 0.368. The van der Waals surface area contributed by atoms with Crippen LogP contribution in [0.25, 0.3) is 0 Å². The van der Waals surface area contributed by atoms with Crippen LogP contribution < -0.4 is 10.1 Å². The number of aliphatic hydroxyl groups is 1. The molecule has 2 N–H and O–H groups in total. The quantitative estimate of drug-likeness (QED) is 0.657. The highest BCUT2D eigenvalue weighted by Crippen LogP contribution is 2.19. The molecule has 124 valence electrons. The van der Waals surface area contributed by atoms with Crippen molar-refractivity contribution < 1.29 is 14.2 Å². The van der Waals surface area contributed by atoms with Gasteiger partial charge in [-0.1, -0.05) is 30.3 Å². The Labute approximate surface area is 137 Å². The predicted octanol–water partition coefficient (Wildman–Crippen LogP) is 3.66. The highest BCUT2D eigenvalue weighted by molar-refractivity contribution is 5.33. The molecular weight excluding hydrogens is 293 g/mol. The van der Waals surface area contributed by atoms with Crippen LogP contribution in [0.4, 0.5) is 4.39 Å². The van der Waals surface area contributed by atoms with Gasteiger partial charge in [-0.05, 0) is 49.6 Å². The first-order chi connectivity index (χ1) is 11.3. The molecule has 0 radical (unpaired) electrons. The summed E-state index contributed by atoms with van der Waals surface area (Å²) in [6.45, 7) is 2.36. The average molecular weight is 317 g/mol. The number of ether oxygens (including phenoxy) is 1. The Bertz CT molecular complexity index is 572. The zero-order valence-electron chi connectivity index (χ0n) is 13.3. The lowest BCUT2D eigenvalue weighted by molar-refractivity contribution is 0.282. The molecule has 23 heavy (non-hydrogen) atoms. The zero-order chi connectivity index (χ0) is 16.3. The SMILES string of the molecule is OCCCCCNCc1ccccc1OCc1ccc(F)cc1. The Morgan fingerprint density at radius 3 is 2.52 bits per heavy atom. The molecule has 0 aliphatic rings. The minimum absolute atomic E-state index is 0.237. The summed E-state index contributed by atoms with van der Waals surface area (Å²) in [5.41, 5.74) is 2.05. The van der Waals surface area contributed by atoms with E-state index in [1.54, 1.807) is 12.1 Å². The van der Waals surface area contributed by atoms with Gasteiger partial charge in [0.2, 0.25) is 0 Å². The van der Waals surface area contributed by atoms with Gasteiger partial charge in [-0.15, -0.1) is 0 Å². The summed E-state index contributed by atoms with van der Waals surface area (Å²) in [5.74, 6) is 0.610. The van der Waals surface area contributed by atoms with Crippen LogP contribution in [0.5, 0.6) is 5.75 Å². The van der Waals surface area contributed by atoms with Gasteiger partial charge >= 0.3 is 0 Å². The summed E-state index contributed by atoms with van der Waals surface area (Å²) >= 11 is 0. The number of hydrogen-bond donors (Lipinski definition) is 2. The number of nitrogens with one attached hydrogen (secondary N) is 1. The Balaban J connectivity index is 1.81. The summed E-state index contributed by atoms with van der Waals surface area (Å²) in [6.07, 6.45) is 2.95. The number of rotatable bonds is 10. The number of unbranched alkanes of at least 4 members (excludes halogenated alkanes) is 2. The molecule has 0 aromatic heterocycles. The monoisotopic (exact) mass is 317 g/mol. The lowest BCUT2D eigenvalue weighted by Crippen LogP contribution is -2.15. The third-order valence-corrected chi connectivity index (χ3v) is 3.61. The summed E-state index contributed by atoms with van der Waals surface area (Å²) < 4.78 is 18.8. The van der Waals surface area contributed by atoms with E-state index in [4.69, 9.17) is 9.84 Å². The van der Waals surface area contributed by atoms with Gasteiger partial charge in [0.1, 0.15) is 18.2 Å². The Morgan fingerprint density at radius 2 is 1.74 bits per heavy atom. The highest BCUT2D eigenvalue weighted by Gasteiger charge is 2.03. The van der Waals surface area contributed by atoms with Gasteiger partial charge in [0, 0.05) is 18.7 Å². The topological polar surface area (TPSA) is 41.5 Å². The van der Waals surface area contributed by atoms with Gasteiger partial charge in [-0.2, -0.15) is 0 Å². The molecule has 0 aliphatic heterocycles. The van der Waals surface area contributed by atoms with Crippen LogP contribution in [0.1, 0.15) is 30.4 Å². The first-order valence-corrected chi connectivity index (χ1v) is 8.06. The maximum absolute atomic E-state index is 12.9. The molecule has 0 saturated carbocycles. The van der Waals surface area contributed by atoms with Gasteiger partial charge in [-0.3, -0.25) is 0 Å². The second-order valence-corrected chi connectivity index (χ2v) is 5.48. The normalized spacial score (nSPS) is 10.7. The Kier molecular flexibility index (Phi) is 7.57. The minimum Gasteiger partial charge on any atom is -0.489 e. The van der Waals surface area contributed by atoms with E-state index in [-0.39, 0.29) is 12.4 Å². The molecule has 0 fully saturated rings. The van der Waals surface area contributed by atoms with Crippen LogP contribution in [0.2, 0.25) is 0 Å². The van der Waals surface area contributed by atoms with E-state index < -0.39 is 0 Å². The molecule has 3 nitrogen and oxygen atoms in total. The molecule has 2 rings (SSSR count). The molecule has 2 aromatic rings. The average Bonchev–Trinajstić information content (AvgIpc) is 2.58. The van der Waals surface area contributed by atoms with Crippen molar-refractivity contribution in [3.63, 3.8) is 0 Å². The van der Waals surface area contributed by atoms with Crippen LogP contribution in [0.15, 0.2) is 48.5 Å². The molecule has 4 heteroatoms. The molecule has 0 saturated heterocycles. The molecule has 0 spiro atoms. The van der Waals surface area contributed by atoms with Gasteiger partial charge in [0.15, 0.2) is 0 Å². The molecule has 0 heterocycles. The van der Waals surface area contributed by atoms with Crippen LogP contribution in [0.3, 0.4) is 0 Å². The van der Waals surface area contributed by atoms with Gasteiger partial charge in [0.25, 0.3) is 0 Å². The van der Waals surface area contributed by atoms with Crippen molar-refractivity contribution in [2.45, 2.75) is 32.4 Å². The lowest BCUT2D eigenvalue weighted by Gasteiger charge is -2.12. The lowest BCUT2D eigenvalue weighted by atomic mass is 10.2. The van der Waals surface area contributed by atoms with Crippen molar-refractivity contribution >= 4 is 0 Å². The molecule has 0 amide bonds. The summed E-state index contributed by atoms with van der Waals surface area (Å²) in [5, 5.41) is 12.1. The number of aliphatic hydroxyl groups excluding tert-OH is 1. The molecule has 0 unspecified atom stereocenters. The highest BCUT2D eigenvalue weighted by atomic mass is 19.1. The first-order valence-electron chi connectivity index (χ1n) is 8.06. The van der Waals surface area contributed by atoms with Crippen molar-refractivity contribution in [3.05, 3.63) is 65.5 Å². The van der Waals surface area contributed by atoms with E-state index in [9.17, 15) is 4.39 Å². The maximum Gasteiger partial charge on any atom is 0.124 e. The molecule has 0 bridgehead atoms. The van der Waals surface area contributed by atoms with Crippen molar-refractivity contribution in [1.29, 1.82) is 0 Å². The predicted molar refractivity (Wildman–Crippen MR) is 89.8 cm³/mol. The largest absolute Gasteiger partial charge is 0.489 e. The smallest absolute Gasteiger partial charge is 0.124 e. The van der Waals surface area contributed by atoms with E-state index in [0.717, 1.165) is 49.2 Å². The third kappa shape index (κ3) is 6.38. The van der Waals surface area contributed by atoms with Gasteiger partial charge in [-0.25, -0.2) is 4.39 Å². The molecular formula is C19H24FNO2.